The summed E-state index contributed by atoms with van der Waals surface area (Å²) < 4.78 is 18.5. The van der Waals surface area contributed by atoms with Crippen molar-refractivity contribution in [2.75, 3.05) is 5.32 Å². The van der Waals surface area contributed by atoms with Crippen LogP contribution in [-0.4, -0.2) is 15.9 Å². The Hall–Kier alpha value is -3.03. The van der Waals surface area contributed by atoms with Crippen LogP contribution in [0.3, 0.4) is 0 Å². The van der Waals surface area contributed by atoms with Crippen molar-refractivity contribution in [3.63, 3.8) is 0 Å². The van der Waals surface area contributed by atoms with E-state index in [1.807, 2.05) is 17.5 Å². The fraction of sp³-hybridized carbons (Fsp3) is 0.0952. The Balaban J connectivity index is 1.39. The number of aromatic nitrogens is 2. The molecule has 0 aliphatic carbocycles. The molecule has 0 radical (unpaired) electrons. The van der Waals surface area contributed by atoms with E-state index in [9.17, 15) is 9.18 Å². The average Bonchev–Trinajstić information content (AvgIpc) is 3.14. The van der Waals surface area contributed by atoms with Crippen LogP contribution >= 0.6 is 22.9 Å². The number of ether oxygens (including phenoxy) is 1. The molecule has 0 fully saturated rings. The summed E-state index contributed by atoms with van der Waals surface area (Å²) in [6.45, 7) is 0.251. The Morgan fingerprint density at radius 1 is 1.21 bits per heavy atom. The zero-order valence-corrected chi connectivity index (χ0v) is 16.6. The van der Waals surface area contributed by atoms with E-state index in [0.717, 1.165) is 10.4 Å². The van der Waals surface area contributed by atoms with Gasteiger partial charge in [0.25, 0.3) is 0 Å². The van der Waals surface area contributed by atoms with Gasteiger partial charge in [0.2, 0.25) is 5.91 Å². The van der Waals surface area contributed by atoms with Crippen molar-refractivity contribution in [1.82, 2.24) is 9.97 Å². The first-order valence-electron chi connectivity index (χ1n) is 8.72. The van der Waals surface area contributed by atoms with Crippen LogP contribution in [0.15, 0.2) is 60.1 Å². The Labute approximate surface area is 175 Å². The second-order valence-corrected chi connectivity index (χ2v) is 7.61. The molecule has 0 saturated carbocycles. The lowest BCUT2D eigenvalue weighted by Crippen LogP contribution is -2.15. The molecule has 8 heteroatoms. The zero-order chi connectivity index (χ0) is 20.2. The average molecular weight is 428 g/mol. The van der Waals surface area contributed by atoms with Crippen molar-refractivity contribution < 1.29 is 13.9 Å². The molecule has 4 rings (SSSR count). The highest BCUT2D eigenvalue weighted by Crippen LogP contribution is 2.26. The van der Waals surface area contributed by atoms with Gasteiger partial charge in [0.05, 0.1) is 23.3 Å². The van der Waals surface area contributed by atoms with E-state index < -0.39 is 0 Å². The third kappa shape index (κ3) is 4.88. The lowest BCUT2D eigenvalue weighted by Gasteiger charge is -2.08. The molecule has 5 nitrogen and oxygen atoms in total. The second kappa shape index (κ2) is 8.55. The summed E-state index contributed by atoms with van der Waals surface area (Å²) in [6.07, 6.45) is 1.79. The van der Waals surface area contributed by atoms with Gasteiger partial charge in [-0.2, -0.15) is 0 Å². The predicted octanol–water partition coefficient (Wildman–Crippen LogP) is 5.24. The van der Waals surface area contributed by atoms with Crippen molar-refractivity contribution in [3.8, 4) is 5.75 Å². The maximum atomic E-state index is 12.9. The van der Waals surface area contributed by atoms with Gasteiger partial charge in [0.15, 0.2) is 0 Å². The second-order valence-electron chi connectivity index (χ2n) is 6.23. The van der Waals surface area contributed by atoms with E-state index in [-0.39, 0.29) is 24.8 Å². The highest BCUT2D eigenvalue weighted by atomic mass is 35.5. The molecule has 1 N–H and O–H groups in total. The molecule has 0 saturated heterocycles. The van der Waals surface area contributed by atoms with E-state index in [1.54, 1.807) is 30.5 Å². The molecular formula is C21H15ClFN3O2S. The minimum atomic E-state index is -0.317. The molecule has 0 aliphatic heterocycles. The number of carbonyl (C=O) groups is 1. The number of hydrogen-bond acceptors (Lipinski definition) is 5. The van der Waals surface area contributed by atoms with Gasteiger partial charge in [-0.05, 0) is 42.5 Å². The fourth-order valence-corrected chi connectivity index (χ4v) is 3.71. The summed E-state index contributed by atoms with van der Waals surface area (Å²) in [5.74, 6) is 0.0272. The molecule has 0 bridgehead atoms. The molecule has 0 spiro atoms. The van der Waals surface area contributed by atoms with Crippen LogP contribution in [0.25, 0.3) is 10.9 Å². The number of amides is 1. The molecular weight excluding hydrogens is 413 g/mol. The maximum absolute atomic E-state index is 12.9. The first-order chi connectivity index (χ1) is 14.1. The maximum Gasteiger partial charge on any atom is 0.230 e. The number of nitrogens with one attached hydrogen (secondary N) is 1. The number of hydrogen-bond donors (Lipinski definition) is 1. The number of fused-ring (bicyclic) bond motifs is 1. The predicted molar refractivity (Wildman–Crippen MR) is 112 cm³/mol. The summed E-state index contributed by atoms with van der Waals surface area (Å²) >= 11 is 7.54. The van der Waals surface area contributed by atoms with Crippen molar-refractivity contribution in [3.05, 3.63) is 81.6 Å². The lowest BCUT2D eigenvalue weighted by molar-refractivity contribution is -0.115. The number of benzene rings is 2. The van der Waals surface area contributed by atoms with Crippen LogP contribution in [0.2, 0.25) is 5.02 Å². The molecule has 146 valence electrons. The van der Waals surface area contributed by atoms with E-state index in [4.69, 9.17) is 16.3 Å². The summed E-state index contributed by atoms with van der Waals surface area (Å²) in [5.41, 5.74) is 1.88. The zero-order valence-electron chi connectivity index (χ0n) is 15.1. The normalized spacial score (nSPS) is 10.8. The number of rotatable bonds is 6. The monoisotopic (exact) mass is 427 g/mol. The molecule has 29 heavy (non-hydrogen) atoms. The summed E-state index contributed by atoms with van der Waals surface area (Å²) in [6, 6.07) is 13.0. The van der Waals surface area contributed by atoms with Gasteiger partial charge in [-0.1, -0.05) is 17.7 Å². The molecule has 4 aromatic rings. The van der Waals surface area contributed by atoms with Gasteiger partial charge in [0, 0.05) is 22.0 Å². The van der Waals surface area contributed by atoms with E-state index >= 15 is 0 Å². The molecule has 2 heterocycles. The first kappa shape index (κ1) is 19.3. The fourth-order valence-electron chi connectivity index (χ4n) is 2.78. The first-order valence-corrected chi connectivity index (χ1v) is 9.98. The van der Waals surface area contributed by atoms with E-state index in [1.165, 1.54) is 23.5 Å². The van der Waals surface area contributed by atoms with Gasteiger partial charge in [-0.3, -0.25) is 9.78 Å². The number of halogens is 2. The van der Waals surface area contributed by atoms with Crippen LogP contribution < -0.4 is 10.1 Å². The molecule has 0 atom stereocenters. The van der Waals surface area contributed by atoms with E-state index in [2.05, 4.69) is 15.3 Å². The van der Waals surface area contributed by atoms with Gasteiger partial charge in [0.1, 0.15) is 23.2 Å². The lowest BCUT2D eigenvalue weighted by atomic mass is 10.2. The SMILES string of the molecule is O=C(Cc1csc(COc2ccc(F)cc2)n1)Nc1cc(Cl)cc2cccnc12. The van der Waals surface area contributed by atoms with Gasteiger partial charge in [-0.25, -0.2) is 9.37 Å². The minimum Gasteiger partial charge on any atom is -0.486 e. The number of pyridine rings is 1. The summed E-state index contributed by atoms with van der Waals surface area (Å²) in [7, 11) is 0. The largest absolute Gasteiger partial charge is 0.486 e. The van der Waals surface area contributed by atoms with Crippen LogP contribution in [0.1, 0.15) is 10.7 Å². The molecule has 0 unspecified atom stereocenters. The smallest absolute Gasteiger partial charge is 0.230 e. The quantitative estimate of drug-likeness (QED) is 0.456. The summed E-state index contributed by atoms with van der Waals surface area (Å²) in [4.78, 5) is 21.2. The number of carbonyl (C=O) groups excluding carboxylic acids is 1. The Kier molecular flexibility index (Phi) is 5.69. The van der Waals surface area contributed by atoms with Crippen LogP contribution in [0.4, 0.5) is 10.1 Å². The molecule has 2 aromatic heterocycles. The summed E-state index contributed by atoms with van der Waals surface area (Å²) in [5, 5.41) is 6.78. The number of thiazole rings is 1. The highest BCUT2D eigenvalue weighted by Gasteiger charge is 2.12. The Morgan fingerprint density at radius 2 is 2.03 bits per heavy atom. The highest BCUT2D eigenvalue weighted by molar-refractivity contribution is 7.09. The van der Waals surface area contributed by atoms with Crippen molar-refractivity contribution in [2.45, 2.75) is 13.0 Å². The molecule has 1 amide bonds. The van der Waals surface area contributed by atoms with Crippen LogP contribution in [-0.2, 0) is 17.8 Å². The van der Waals surface area contributed by atoms with Crippen LogP contribution in [0.5, 0.6) is 5.75 Å². The van der Waals surface area contributed by atoms with Gasteiger partial charge < -0.3 is 10.1 Å². The number of anilines is 1. The van der Waals surface area contributed by atoms with Crippen molar-refractivity contribution in [1.29, 1.82) is 0 Å². The Morgan fingerprint density at radius 3 is 2.86 bits per heavy atom. The molecule has 2 aromatic carbocycles. The standard InChI is InChI=1S/C21H15ClFN3O2S/c22-14-8-13-2-1-7-24-21(13)18(9-14)26-19(27)10-16-12-29-20(25-16)11-28-17-5-3-15(23)4-6-17/h1-9,12H,10-11H2,(H,26,27). The van der Waals surface area contributed by atoms with Crippen LogP contribution in [0, 0.1) is 5.82 Å². The third-order valence-electron chi connectivity index (χ3n) is 4.06. The molecule has 0 aliphatic rings. The Bertz CT molecular complexity index is 1160. The van der Waals surface area contributed by atoms with Crippen molar-refractivity contribution >= 4 is 45.4 Å². The van der Waals surface area contributed by atoms with Gasteiger partial charge >= 0.3 is 0 Å². The topological polar surface area (TPSA) is 64.1 Å². The number of nitrogens with zero attached hydrogens (tertiary/aromatic N) is 2. The van der Waals surface area contributed by atoms with Crippen molar-refractivity contribution in [2.24, 2.45) is 0 Å². The van der Waals surface area contributed by atoms with Gasteiger partial charge in [-0.15, -0.1) is 11.3 Å². The third-order valence-corrected chi connectivity index (χ3v) is 5.15. The minimum absolute atomic E-state index is 0.119. The van der Waals surface area contributed by atoms with E-state index in [0.29, 0.717) is 27.7 Å².